The fourth-order valence-electron chi connectivity index (χ4n) is 3.07. The highest BCUT2D eigenvalue weighted by Gasteiger charge is 2.28. The van der Waals surface area contributed by atoms with Crippen molar-refractivity contribution >= 4 is 28.2 Å². The van der Waals surface area contributed by atoms with Crippen LogP contribution in [0, 0.1) is 0 Å². The van der Waals surface area contributed by atoms with Gasteiger partial charge in [0.25, 0.3) is 5.91 Å². The van der Waals surface area contributed by atoms with Crippen LogP contribution < -0.4 is 10.1 Å². The van der Waals surface area contributed by atoms with Gasteiger partial charge in [0.05, 0.1) is 12.7 Å². The second-order valence-electron chi connectivity index (χ2n) is 6.61. The van der Waals surface area contributed by atoms with E-state index in [4.69, 9.17) is 9.47 Å². The van der Waals surface area contributed by atoms with E-state index in [0.29, 0.717) is 22.2 Å². The summed E-state index contributed by atoms with van der Waals surface area (Å²) in [7, 11) is 1.36. The molecule has 1 amide bonds. The van der Waals surface area contributed by atoms with Gasteiger partial charge in [-0.25, -0.2) is 4.79 Å². The van der Waals surface area contributed by atoms with E-state index in [1.54, 1.807) is 0 Å². The van der Waals surface area contributed by atoms with Gasteiger partial charge in [-0.05, 0) is 48.4 Å². The zero-order valence-corrected chi connectivity index (χ0v) is 16.1. The highest BCUT2D eigenvalue weighted by atomic mass is 32.1. The van der Waals surface area contributed by atoms with E-state index in [1.165, 1.54) is 24.0 Å². The number of rotatable bonds is 6. The van der Waals surface area contributed by atoms with Gasteiger partial charge in [-0.2, -0.15) is 0 Å². The first-order valence-electron chi connectivity index (χ1n) is 8.75. The Kier molecular flexibility index (Phi) is 5.61. The maximum Gasteiger partial charge on any atom is 0.341 e. The predicted molar refractivity (Wildman–Crippen MR) is 102 cm³/mol. The molecule has 0 radical (unpaired) electrons. The maximum absolute atomic E-state index is 12.3. The monoisotopic (exact) mass is 373 g/mol. The molecule has 1 heterocycles. The SMILES string of the molecule is COC(=O)c1c(NC(=O)COc2ccc(C(C)C)cc2)sc2c1CCC2. The Hall–Kier alpha value is -2.34. The number of carbonyl (C=O) groups excluding carboxylic acids is 2. The summed E-state index contributed by atoms with van der Waals surface area (Å²) < 4.78 is 10.4. The molecule has 0 atom stereocenters. The van der Waals surface area contributed by atoms with Crippen molar-refractivity contribution in [1.82, 2.24) is 0 Å². The van der Waals surface area contributed by atoms with E-state index in [9.17, 15) is 9.59 Å². The second-order valence-corrected chi connectivity index (χ2v) is 7.72. The number of anilines is 1. The topological polar surface area (TPSA) is 64.6 Å². The molecular formula is C20H23NO4S. The molecule has 0 saturated heterocycles. The van der Waals surface area contributed by atoms with Gasteiger partial charge < -0.3 is 14.8 Å². The summed E-state index contributed by atoms with van der Waals surface area (Å²) >= 11 is 1.46. The molecule has 1 aromatic carbocycles. The first-order valence-corrected chi connectivity index (χ1v) is 9.56. The standard InChI is InChI=1S/C20H23NO4S/c1-12(2)13-7-9-14(10-8-13)25-11-17(22)21-19-18(20(23)24-3)15-5-4-6-16(15)26-19/h7-10,12H,4-6,11H2,1-3H3,(H,21,22). The molecule has 6 heteroatoms. The molecule has 0 saturated carbocycles. The largest absolute Gasteiger partial charge is 0.484 e. The normalized spacial score (nSPS) is 12.8. The van der Waals surface area contributed by atoms with E-state index >= 15 is 0 Å². The number of amides is 1. The van der Waals surface area contributed by atoms with Crippen LogP contribution in [-0.4, -0.2) is 25.6 Å². The summed E-state index contributed by atoms with van der Waals surface area (Å²) in [5, 5.41) is 3.37. The summed E-state index contributed by atoms with van der Waals surface area (Å²) in [6.45, 7) is 4.14. The van der Waals surface area contributed by atoms with Crippen LogP contribution >= 0.6 is 11.3 Å². The van der Waals surface area contributed by atoms with Gasteiger partial charge in [-0.1, -0.05) is 26.0 Å². The van der Waals surface area contributed by atoms with Gasteiger partial charge >= 0.3 is 5.97 Å². The number of fused-ring (bicyclic) bond motifs is 1. The zero-order valence-electron chi connectivity index (χ0n) is 15.3. The minimum Gasteiger partial charge on any atom is -0.484 e. The predicted octanol–water partition coefficient (Wildman–Crippen LogP) is 4.16. The quantitative estimate of drug-likeness (QED) is 0.772. The Morgan fingerprint density at radius 3 is 2.58 bits per heavy atom. The minimum atomic E-state index is -0.398. The van der Waals surface area contributed by atoms with Crippen molar-refractivity contribution in [3.63, 3.8) is 0 Å². The highest BCUT2D eigenvalue weighted by molar-refractivity contribution is 7.17. The van der Waals surface area contributed by atoms with Crippen LogP contribution in [0.25, 0.3) is 0 Å². The molecule has 3 rings (SSSR count). The molecule has 1 aromatic heterocycles. The average molecular weight is 373 g/mol. The summed E-state index contributed by atoms with van der Waals surface area (Å²) in [4.78, 5) is 25.5. The van der Waals surface area contributed by atoms with Crippen LogP contribution in [0.15, 0.2) is 24.3 Å². The maximum atomic E-state index is 12.3. The van der Waals surface area contributed by atoms with Crippen LogP contribution in [0.5, 0.6) is 5.75 Å². The van der Waals surface area contributed by atoms with E-state index in [0.717, 1.165) is 29.7 Å². The number of hydrogen-bond donors (Lipinski definition) is 1. The highest BCUT2D eigenvalue weighted by Crippen LogP contribution is 2.39. The lowest BCUT2D eigenvalue weighted by Gasteiger charge is -2.10. The molecular weight excluding hydrogens is 350 g/mol. The van der Waals surface area contributed by atoms with E-state index < -0.39 is 5.97 Å². The Labute approximate surface area is 157 Å². The number of aryl methyl sites for hydroxylation is 1. The van der Waals surface area contributed by atoms with Crippen LogP contribution in [-0.2, 0) is 22.4 Å². The number of nitrogens with one attached hydrogen (secondary N) is 1. The van der Waals surface area contributed by atoms with Crippen molar-refractivity contribution in [3.05, 3.63) is 45.8 Å². The molecule has 138 valence electrons. The molecule has 1 aliphatic carbocycles. The summed E-state index contributed by atoms with van der Waals surface area (Å²) in [5.41, 5.74) is 2.74. The summed E-state index contributed by atoms with van der Waals surface area (Å²) in [6, 6.07) is 7.72. The van der Waals surface area contributed by atoms with Crippen LogP contribution in [0.4, 0.5) is 5.00 Å². The van der Waals surface area contributed by atoms with Crippen molar-refractivity contribution < 1.29 is 19.1 Å². The minimum absolute atomic E-state index is 0.107. The van der Waals surface area contributed by atoms with Gasteiger partial charge in [-0.3, -0.25) is 4.79 Å². The molecule has 0 unspecified atom stereocenters. The first-order chi connectivity index (χ1) is 12.5. The molecule has 26 heavy (non-hydrogen) atoms. The number of thiophene rings is 1. The molecule has 1 N–H and O–H groups in total. The van der Waals surface area contributed by atoms with Crippen LogP contribution in [0.3, 0.4) is 0 Å². The molecule has 0 fully saturated rings. The fraction of sp³-hybridized carbons (Fsp3) is 0.400. The van der Waals surface area contributed by atoms with Crippen molar-refractivity contribution in [3.8, 4) is 5.75 Å². The number of hydrogen-bond acceptors (Lipinski definition) is 5. The van der Waals surface area contributed by atoms with Crippen molar-refractivity contribution in [2.24, 2.45) is 0 Å². The van der Waals surface area contributed by atoms with Gasteiger partial charge in [0.15, 0.2) is 6.61 Å². The summed E-state index contributed by atoms with van der Waals surface area (Å²) in [6.07, 6.45) is 2.83. The Morgan fingerprint density at radius 1 is 1.19 bits per heavy atom. The zero-order chi connectivity index (χ0) is 18.7. The van der Waals surface area contributed by atoms with Gasteiger partial charge in [0.2, 0.25) is 0 Å². The Balaban J connectivity index is 1.64. The first kappa shape index (κ1) is 18.5. The number of ether oxygens (including phenoxy) is 2. The third-order valence-electron chi connectivity index (χ3n) is 4.48. The van der Waals surface area contributed by atoms with E-state index in [2.05, 4.69) is 19.2 Å². The van der Waals surface area contributed by atoms with Gasteiger partial charge in [-0.15, -0.1) is 11.3 Å². The third-order valence-corrected chi connectivity index (χ3v) is 5.69. The number of carbonyl (C=O) groups is 2. The third kappa shape index (κ3) is 3.90. The van der Waals surface area contributed by atoms with Gasteiger partial charge in [0.1, 0.15) is 10.8 Å². The lowest BCUT2D eigenvalue weighted by molar-refractivity contribution is -0.118. The molecule has 0 aliphatic heterocycles. The fourth-order valence-corrected chi connectivity index (χ4v) is 4.36. The molecule has 2 aromatic rings. The Bertz CT molecular complexity index is 808. The summed E-state index contributed by atoms with van der Waals surface area (Å²) in [5.74, 6) is 0.407. The lowest BCUT2D eigenvalue weighted by Crippen LogP contribution is -2.21. The number of benzene rings is 1. The molecule has 5 nitrogen and oxygen atoms in total. The van der Waals surface area contributed by atoms with Crippen LogP contribution in [0.1, 0.15) is 52.5 Å². The van der Waals surface area contributed by atoms with Crippen molar-refractivity contribution in [2.45, 2.75) is 39.0 Å². The second kappa shape index (κ2) is 7.91. The smallest absolute Gasteiger partial charge is 0.341 e. The molecule has 1 aliphatic rings. The number of esters is 1. The molecule has 0 bridgehead atoms. The lowest BCUT2D eigenvalue weighted by atomic mass is 10.0. The number of methoxy groups -OCH3 is 1. The van der Waals surface area contributed by atoms with E-state index in [1.807, 2.05) is 24.3 Å². The Morgan fingerprint density at radius 2 is 1.92 bits per heavy atom. The molecule has 0 spiro atoms. The van der Waals surface area contributed by atoms with Gasteiger partial charge in [0, 0.05) is 4.88 Å². The van der Waals surface area contributed by atoms with E-state index in [-0.39, 0.29) is 12.5 Å². The van der Waals surface area contributed by atoms with Crippen molar-refractivity contribution in [2.75, 3.05) is 19.0 Å². The van der Waals surface area contributed by atoms with Crippen molar-refractivity contribution in [1.29, 1.82) is 0 Å². The van der Waals surface area contributed by atoms with Crippen LogP contribution in [0.2, 0.25) is 0 Å². The average Bonchev–Trinajstić information content (AvgIpc) is 3.20.